The Morgan fingerprint density at radius 3 is 2.28 bits per heavy atom. The minimum absolute atomic E-state index is 0.132. The van der Waals surface area contributed by atoms with Gasteiger partial charge in [0.2, 0.25) is 0 Å². The van der Waals surface area contributed by atoms with Crippen molar-refractivity contribution in [1.29, 1.82) is 0 Å². The summed E-state index contributed by atoms with van der Waals surface area (Å²) in [4.78, 5) is 0. The summed E-state index contributed by atoms with van der Waals surface area (Å²) in [6.45, 7) is 14.1. The summed E-state index contributed by atoms with van der Waals surface area (Å²) >= 11 is 0. The highest BCUT2D eigenvalue weighted by molar-refractivity contribution is 6.13. The second-order valence-electron chi connectivity index (χ2n) is 11.1. The highest BCUT2D eigenvalue weighted by Crippen LogP contribution is 2.49. The van der Waals surface area contributed by atoms with E-state index in [-0.39, 0.29) is 5.41 Å². The lowest BCUT2D eigenvalue weighted by Gasteiger charge is -2.39. The summed E-state index contributed by atoms with van der Waals surface area (Å²) in [5, 5.41) is 4.17. The first kappa shape index (κ1) is 23.3. The van der Waals surface area contributed by atoms with Crippen molar-refractivity contribution in [2.75, 3.05) is 0 Å². The van der Waals surface area contributed by atoms with Crippen LogP contribution in [0.4, 0.5) is 0 Å². The SMILES string of the molecule is CCCCc1cc(C)c(-c2c[n+]3c4c5c(cccc5c5ccccc5n24)C(CC)(CC)C3C)c(C)c1. The Morgan fingerprint density at radius 2 is 1.58 bits per heavy atom. The number of para-hydroxylation sites is 1. The summed E-state index contributed by atoms with van der Waals surface area (Å²) in [5.74, 6) is 0. The normalized spacial score (nSPS) is 16.6. The van der Waals surface area contributed by atoms with Crippen LogP contribution in [0.25, 0.3) is 38.6 Å². The molecule has 0 spiro atoms. The van der Waals surface area contributed by atoms with Gasteiger partial charge in [-0.15, -0.1) is 0 Å². The molecule has 1 unspecified atom stereocenters. The molecular formula is C34H39N2+. The van der Waals surface area contributed by atoms with Crippen molar-refractivity contribution in [3.05, 3.63) is 83.0 Å². The molecule has 2 aromatic heterocycles. The molecule has 1 aliphatic rings. The average molecular weight is 476 g/mol. The monoisotopic (exact) mass is 475 g/mol. The Kier molecular flexibility index (Phi) is 5.48. The van der Waals surface area contributed by atoms with Crippen LogP contribution in [0.5, 0.6) is 0 Å². The molecule has 1 aliphatic heterocycles. The molecule has 0 N–H and O–H groups in total. The number of hydrogen-bond donors (Lipinski definition) is 0. The van der Waals surface area contributed by atoms with E-state index in [1.54, 1.807) is 0 Å². The van der Waals surface area contributed by atoms with E-state index in [1.165, 1.54) is 73.7 Å². The lowest BCUT2D eigenvalue weighted by Crippen LogP contribution is -2.52. The first-order valence-corrected chi connectivity index (χ1v) is 14.0. The Labute approximate surface area is 215 Å². The van der Waals surface area contributed by atoms with Crippen molar-refractivity contribution in [1.82, 2.24) is 4.40 Å². The molecule has 0 aliphatic carbocycles. The molecule has 2 nitrogen and oxygen atoms in total. The molecule has 6 rings (SSSR count). The minimum atomic E-state index is 0.132. The highest BCUT2D eigenvalue weighted by atomic mass is 15.2. The maximum Gasteiger partial charge on any atom is 0.295 e. The zero-order valence-corrected chi connectivity index (χ0v) is 22.8. The van der Waals surface area contributed by atoms with Crippen molar-refractivity contribution < 1.29 is 4.57 Å². The van der Waals surface area contributed by atoms with Gasteiger partial charge in [-0.05, 0) is 74.8 Å². The molecule has 1 atom stereocenters. The highest BCUT2D eigenvalue weighted by Gasteiger charge is 2.46. The molecule has 0 saturated carbocycles. The van der Waals surface area contributed by atoms with Crippen LogP contribution in [-0.2, 0) is 11.8 Å². The molecule has 0 fully saturated rings. The van der Waals surface area contributed by atoms with Gasteiger partial charge in [-0.25, -0.2) is 4.57 Å². The van der Waals surface area contributed by atoms with E-state index in [9.17, 15) is 0 Å². The second-order valence-corrected chi connectivity index (χ2v) is 11.1. The van der Waals surface area contributed by atoms with Crippen molar-refractivity contribution in [3.8, 4) is 11.3 Å². The van der Waals surface area contributed by atoms with Crippen LogP contribution in [0.3, 0.4) is 0 Å². The van der Waals surface area contributed by atoms with Gasteiger partial charge in [-0.2, -0.15) is 4.40 Å². The first-order valence-electron chi connectivity index (χ1n) is 14.0. The number of fused-ring (bicyclic) bond motifs is 3. The van der Waals surface area contributed by atoms with Crippen LogP contribution in [-0.4, -0.2) is 4.40 Å². The third-order valence-corrected chi connectivity index (χ3v) is 9.36. The molecule has 0 amide bonds. The average Bonchev–Trinajstić information content (AvgIpc) is 3.28. The van der Waals surface area contributed by atoms with Gasteiger partial charge in [0, 0.05) is 21.8 Å². The largest absolute Gasteiger partial charge is 0.295 e. The summed E-state index contributed by atoms with van der Waals surface area (Å²) in [6, 6.07) is 21.3. The van der Waals surface area contributed by atoms with E-state index in [4.69, 9.17) is 0 Å². The van der Waals surface area contributed by atoms with Crippen LogP contribution in [0.1, 0.15) is 81.7 Å². The zero-order valence-electron chi connectivity index (χ0n) is 22.8. The van der Waals surface area contributed by atoms with Gasteiger partial charge < -0.3 is 0 Å². The van der Waals surface area contributed by atoms with Gasteiger partial charge in [-0.1, -0.05) is 75.7 Å². The predicted molar refractivity (Wildman–Crippen MR) is 153 cm³/mol. The number of aromatic nitrogens is 2. The number of nitrogens with zero attached hydrogens (tertiary/aromatic N) is 2. The van der Waals surface area contributed by atoms with Gasteiger partial charge >= 0.3 is 0 Å². The van der Waals surface area contributed by atoms with Gasteiger partial charge in [0.1, 0.15) is 17.8 Å². The van der Waals surface area contributed by atoms with Crippen LogP contribution < -0.4 is 4.57 Å². The molecule has 184 valence electrons. The summed E-state index contributed by atoms with van der Waals surface area (Å²) in [6.07, 6.45) is 8.40. The Balaban J connectivity index is 1.79. The third kappa shape index (κ3) is 3.00. The molecular weight excluding hydrogens is 436 g/mol. The fourth-order valence-electron chi connectivity index (χ4n) is 7.46. The Bertz CT molecular complexity index is 1610. The zero-order chi connectivity index (χ0) is 25.2. The van der Waals surface area contributed by atoms with E-state index in [2.05, 4.69) is 111 Å². The van der Waals surface area contributed by atoms with E-state index in [0.717, 1.165) is 19.3 Å². The number of rotatable bonds is 6. The first-order chi connectivity index (χ1) is 17.5. The van der Waals surface area contributed by atoms with Gasteiger partial charge in [0.25, 0.3) is 5.65 Å². The smallest absolute Gasteiger partial charge is 0.226 e. The standard InChI is InChI=1S/C34H39N2/c1-7-10-14-25-19-22(4)31(23(5)20-25)30-21-35-24(6)34(8-2,9-3)28-17-13-16-27-26-15-11-12-18-29(26)36(30)33(35)32(27)28/h11-13,15-21,24H,7-10,14H2,1-6H3/q+1. The Morgan fingerprint density at radius 1 is 0.889 bits per heavy atom. The third-order valence-electron chi connectivity index (χ3n) is 9.36. The minimum Gasteiger partial charge on any atom is -0.226 e. The van der Waals surface area contributed by atoms with Crippen LogP contribution >= 0.6 is 0 Å². The number of benzene rings is 3. The lowest BCUT2D eigenvalue weighted by molar-refractivity contribution is -0.705. The lowest BCUT2D eigenvalue weighted by atomic mass is 9.68. The second kappa shape index (κ2) is 8.47. The van der Waals surface area contributed by atoms with Crippen molar-refractivity contribution in [2.45, 2.75) is 85.1 Å². The predicted octanol–water partition coefficient (Wildman–Crippen LogP) is 8.79. The molecule has 3 heterocycles. The maximum absolute atomic E-state index is 2.62. The molecule has 3 aromatic carbocycles. The van der Waals surface area contributed by atoms with Crippen molar-refractivity contribution in [3.63, 3.8) is 0 Å². The maximum atomic E-state index is 2.62. The van der Waals surface area contributed by atoms with Gasteiger partial charge in [0.15, 0.2) is 5.69 Å². The van der Waals surface area contributed by atoms with Crippen molar-refractivity contribution >= 4 is 27.3 Å². The fourth-order valence-corrected chi connectivity index (χ4v) is 7.46. The van der Waals surface area contributed by atoms with E-state index in [1.807, 2.05) is 0 Å². The molecule has 36 heavy (non-hydrogen) atoms. The number of aryl methyl sites for hydroxylation is 3. The Hall–Kier alpha value is -3.13. The molecule has 5 aromatic rings. The summed E-state index contributed by atoms with van der Waals surface area (Å²) < 4.78 is 5.20. The number of unbranched alkanes of at least 4 members (excludes halogenated alkanes) is 1. The number of imidazole rings is 1. The van der Waals surface area contributed by atoms with Gasteiger partial charge in [0.05, 0.1) is 5.39 Å². The summed E-state index contributed by atoms with van der Waals surface area (Å²) in [7, 11) is 0. The fraction of sp³-hybridized carbons (Fsp3) is 0.382. The van der Waals surface area contributed by atoms with E-state index in [0.29, 0.717) is 6.04 Å². The summed E-state index contributed by atoms with van der Waals surface area (Å²) in [5.41, 5.74) is 11.3. The molecule has 2 heteroatoms. The number of hydrogen-bond acceptors (Lipinski definition) is 0. The molecule has 0 bridgehead atoms. The molecule has 0 radical (unpaired) electrons. The quantitative estimate of drug-likeness (QED) is 0.171. The topological polar surface area (TPSA) is 8.29 Å². The van der Waals surface area contributed by atoms with Gasteiger partial charge in [-0.3, -0.25) is 0 Å². The van der Waals surface area contributed by atoms with Crippen LogP contribution in [0, 0.1) is 13.8 Å². The van der Waals surface area contributed by atoms with Crippen LogP contribution in [0.2, 0.25) is 0 Å². The number of pyridine rings is 1. The molecule has 0 saturated heterocycles. The van der Waals surface area contributed by atoms with Crippen molar-refractivity contribution in [2.24, 2.45) is 0 Å². The van der Waals surface area contributed by atoms with Crippen LogP contribution in [0.15, 0.2) is 60.8 Å². The van der Waals surface area contributed by atoms with E-state index >= 15 is 0 Å². The van der Waals surface area contributed by atoms with E-state index < -0.39 is 0 Å².